The Bertz CT molecular complexity index is 1300. The summed E-state index contributed by atoms with van der Waals surface area (Å²) in [5.74, 6) is 0.554. The largest absolute Gasteiger partial charge is 0.497 e. The summed E-state index contributed by atoms with van der Waals surface area (Å²) in [5, 5.41) is 0. The van der Waals surface area contributed by atoms with Crippen LogP contribution in [0.4, 0.5) is 5.69 Å². The summed E-state index contributed by atoms with van der Waals surface area (Å²) in [6.07, 6.45) is 0. The normalized spacial score (nSPS) is 20.3. The molecule has 2 aliphatic heterocycles. The van der Waals surface area contributed by atoms with Crippen molar-refractivity contribution in [1.29, 1.82) is 0 Å². The molecule has 3 aromatic carbocycles. The minimum absolute atomic E-state index is 0.192. The van der Waals surface area contributed by atoms with Gasteiger partial charge in [-0.1, -0.05) is 30.3 Å². The van der Waals surface area contributed by atoms with Crippen LogP contribution in [-0.2, 0) is 31.2 Å². The van der Waals surface area contributed by atoms with E-state index in [4.69, 9.17) is 18.9 Å². The van der Waals surface area contributed by atoms with Crippen LogP contribution in [0.1, 0.15) is 16.7 Å². The quantitative estimate of drug-likeness (QED) is 0.511. The molecule has 1 spiro atoms. The highest BCUT2D eigenvalue weighted by atomic mass is 16.6. The number of carbonyl (C=O) groups is 2. The van der Waals surface area contributed by atoms with Crippen molar-refractivity contribution >= 4 is 23.5 Å². The van der Waals surface area contributed by atoms with Gasteiger partial charge >= 0.3 is 5.97 Å². The average Bonchev–Trinajstić information content (AvgIpc) is 3.42. The van der Waals surface area contributed by atoms with E-state index in [1.807, 2.05) is 42.5 Å². The molecule has 0 bridgehead atoms. The fraction of sp³-hybridized carbons (Fsp3) is 0.222. The first-order chi connectivity index (χ1) is 17.0. The maximum Gasteiger partial charge on any atom is 0.335 e. The summed E-state index contributed by atoms with van der Waals surface area (Å²) in [7, 11) is 4.45. The lowest BCUT2D eigenvalue weighted by molar-refractivity contribution is -0.152. The fourth-order valence-electron chi connectivity index (χ4n) is 4.52. The number of esters is 1. The number of methoxy groups -OCH3 is 3. The number of benzene rings is 3. The van der Waals surface area contributed by atoms with Crippen LogP contribution in [0.5, 0.6) is 11.5 Å². The van der Waals surface area contributed by atoms with Gasteiger partial charge in [-0.05, 0) is 48.0 Å². The van der Waals surface area contributed by atoms with Crippen LogP contribution < -0.4 is 14.4 Å². The lowest BCUT2D eigenvalue weighted by atomic mass is 9.88. The molecule has 1 amide bonds. The number of nitrogens with zero attached hydrogens (tertiary/aromatic N) is 2. The van der Waals surface area contributed by atoms with Crippen LogP contribution in [0.2, 0.25) is 0 Å². The third-order valence-electron chi connectivity index (χ3n) is 6.31. The molecule has 0 N–H and O–H groups in total. The maximum absolute atomic E-state index is 14.1. The van der Waals surface area contributed by atoms with Gasteiger partial charge in [-0.3, -0.25) is 4.79 Å². The van der Waals surface area contributed by atoms with E-state index in [0.29, 0.717) is 22.6 Å². The molecule has 0 aromatic heterocycles. The number of amides is 1. The van der Waals surface area contributed by atoms with Crippen molar-refractivity contribution in [3.8, 4) is 11.5 Å². The van der Waals surface area contributed by atoms with Crippen molar-refractivity contribution in [2.75, 3.05) is 26.2 Å². The summed E-state index contributed by atoms with van der Waals surface area (Å²) >= 11 is 0. The molecule has 0 saturated carbocycles. The molecule has 0 aliphatic carbocycles. The Morgan fingerprint density at radius 2 is 1.57 bits per heavy atom. The van der Waals surface area contributed by atoms with E-state index >= 15 is 0 Å². The third kappa shape index (κ3) is 3.58. The predicted molar refractivity (Wildman–Crippen MR) is 129 cm³/mol. The highest BCUT2D eigenvalue weighted by Gasteiger charge is 2.64. The van der Waals surface area contributed by atoms with E-state index < -0.39 is 17.6 Å². The first kappa shape index (κ1) is 22.5. The van der Waals surface area contributed by atoms with Crippen molar-refractivity contribution < 1.29 is 28.5 Å². The second-order valence-electron chi connectivity index (χ2n) is 8.18. The Morgan fingerprint density at radius 3 is 2.20 bits per heavy atom. The summed E-state index contributed by atoms with van der Waals surface area (Å²) in [6.45, 7) is 0.288. The number of hydrogen-bond donors (Lipinski definition) is 0. The van der Waals surface area contributed by atoms with Crippen LogP contribution >= 0.6 is 0 Å². The summed E-state index contributed by atoms with van der Waals surface area (Å²) in [5.41, 5.74) is 1.09. The van der Waals surface area contributed by atoms with E-state index in [9.17, 15) is 9.59 Å². The zero-order chi connectivity index (χ0) is 24.6. The van der Waals surface area contributed by atoms with Gasteiger partial charge in [0.05, 0.1) is 33.6 Å². The second kappa shape index (κ2) is 8.79. The lowest BCUT2D eigenvalue weighted by Gasteiger charge is -2.27. The van der Waals surface area contributed by atoms with E-state index in [2.05, 4.69) is 4.99 Å². The van der Waals surface area contributed by atoms with Crippen LogP contribution in [0.15, 0.2) is 77.8 Å². The molecule has 8 heteroatoms. The van der Waals surface area contributed by atoms with E-state index in [1.54, 1.807) is 49.5 Å². The number of para-hydroxylation sites is 1. The minimum Gasteiger partial charge on any atom is -0.497 e. The molecule has 0 fully saturated rings. The fourth-order valence-corrected chi connectivity index (χ4v) is 4.52. The van der Waals surface area contributed by atoms with Gasteiger partial charge in [0.2, 0.25) is 17.5 Å². The molecular weight excluding hydrogens is 448 g/mol. The zero-order valence-corrected chi connectivity index (χ0v) is 19.6. The summed E-state index contributed by atoms with van der Waals surface area (Å²) in [6, 6.07) is 20.6. The van der Waals surface area contributed by atoms with Gasteiger partial charge in [0, 0.05) is 11.1 Å². The Labute approximate surface area is 202 Å². The number of carbonyl (C=O) groups excluding carboxylic acids is 2. The molecule has 5 rings (SSSR count). The van der Waals surface area contributed by atoms with Gasteiger partial charge in [-0.15, -0.1) is 0 Å². The highest BCUT2D eigenvalue weighted by molar-refractivity contribution is 6.14. The monoisotopic (exact) mass is 472 g/mol. The molecule has 35 heavy (non-hydrogen) atoms. The highest BCUT2D eigenvalue weighted by Crippen LogP contribution is 2.49. The van der Waals surface area contributed by atoms with Gasteiger partial charge in [0.15, 0.2) is 0 Å². The van der Waals surface area contributed by atoms with Crippen molar-refractivity contribution in [3.05, 3.63) is 89.5 Å². The minimum atomic E-state index is -1.66. The molecule has 0 saturated heterocycles. The van der Waals surface area contributed by atoms with Crippen LogP contribution in [0.3, 0.4) is 0 Å². The van der Waals surface area contributed by atoms with Crippen molar-refractivity contribution in [2.24, 2.45) is 4.99 Å². The molecular formula is C27H24N2O6. The first-order valence-corrected chi connectivity index (χ1v) is 11.0. The summed E-state index contributed by atoms with van der Waals surface area (Å²) in [4.78, 5) is 33.2. The molecule has 2 atom stereocenters. The summed E-state index contributed by atoms with van der Waals surface area (Å²) < 4.78 is 21.9. The number of ether oxygens (including phenoxy) is 4. The topological polar surface area (TPSA) is 86.7 Å². The Hall–Kier alpha value is -4.33. The van der Waals surface area contributed by atoms with Crippen LogP contribution in [0.25, 0.3) is 0 Å². The smallest absolute Gasteiger partial charge is 0.335 e. The van der Waals surface area contributed by atoms with Gasteiger partial charge < -0.3 is 23.8 Å². The Morgan fingerprint density at radius 1 is 0.943 bits per heavy atom. The Balaban J connectivity index is 1.57. The first-order valence-electron chi connectivity index (χ1n) is 11.0. The molecule has 0 radical (unpaired) electrons. The molecule has 178 valence electrons. The number of aliphatic imine (C=N–C) groups is 1. The number of hydrogen-bond acceptors (Lipinski definition) is 7. The van der Waals surface area contributed by atoms with E-state index in [0.717, 1.165) is 11.3 Å². The van der Waals surface area contributed by atoms with Crippen LogP contribution in [0, 0.1) is 0 Å². The maximum atomic E-state index is 14.1. The van der Waals surface area contributed by atoms with Gasteiger partial charge in [-0.25, -0.2) is 9.79 Å². The van der Waals surface area contributed by atoms with Gasteiger partial charge in [0.1, 0.15) is 11.5 Å². The number of fused-ring (bicyclic) bond motifs is 2. The molecule has 2 aliphatic rings. The van der Waals surface area contributed by atoms with E-state index in [1.165, 1.54) is 7.11 Å². The SMILES string of the molecule is COC(=O)[C@@H]1N=C(c2ccc(OC)cc2)O[C@]12C(=O)N(Cc1ccc(OC)cc1)c1ccccc12. The second-order valence-corrected chi connectivity index (χ2v) is 8.18. The molecule has 3 aromatic rings. The molecule has 0 unspecified atom stereocenters. The van der Waals surface area contributed by atoms with Crippen molar-refractivity contribution in [2.45, 2.75) is 18.2 Å². The predicted octanol–water partition coefficient (Wildman–Crippen LogP) is 3.46. The number of rotatable bonds is 6. The molecule has 2 heterocycles. The standard InChI is InChI=1S/C27H24N2O6/c1-32-19-12-8-17(9-13-19)16-29-22-7-5-4-6-21(22)27(26(29)31)23(25(30)34-3)28-24(35-27)18-10-14-20(33-2)15-11-18/h4-15,23H,16H2,1-3H3/t23-,27-/m0/s1. The van der Waals surface area contributed by atoms with Crippen LogP contribution in [-0.4, -0.2) is 45.1 Å². The molecule has 8 nitrogen and oxygen atoms in total. The Kier molecular flexibility index (Phi) is 5.64. The average molecular weight is 472 g/mol. The third-order valence-corrected chi connectivity index (χ3v) is 6.31. The van der Waals surface area contributed by atoms with Crippen molar-refractivity contribution in [1.82, 2.24) is 0 Å². The van der Waals surface area contributed by atoms with Crippen molar-refractivity contribution in [3.63, 3.8) is 0 Å². The van der Waals surface area contributed by atoms with Gasteiger partial charge in [0.25, 0.3) is 5.91 Å². The number of anilines is 1. The van der Waals surface area contributed by atoms with E-state index in [-0.39, 0.29) is 18.3 Å². The lowest BCUT2D eigenvalue weighted by Crippen LogP contribution is -2.50. The van der Waals surface area contributed by atoms with Gasteiger partial charge in [-0.2, -0.15) is 0 Å². The zero-order valence-electron chi connectivity index (χ0n) is 19.6.